The average molecular weight is 234 g/mol. The lowest BCUT2D eigenvalue weighted by molar-refractivity contribution is 0.470. The lowest BCUT2D eigenvalue weighted by atomic mass is 10.2. The highest BCUT2D eigenvalue weighted by Crippen LogP contribution is 2.20. The van der Waals surface area contributed by atoms with Gasteiger partial charge in [-0.1, -0.05) is 6.07 Å². The first-order chi connectivity index (χ1) is 4.22. The molecule has 0 radical (unpaired) electrons. The summed E-state index contributed by atoms with van der Waals surface area (Å²) in [6, 6.07) is 5.50. The molecule has 1 N–H and O–H groups in total. The van der Waals surface area contributed by atoms with Crippen molar-refractivity contribution in [1.82, 2.24) is 0 Å². The second kappa shape index (κ2) is 2.56. The van der Waals surface area contributed by atoms with Crippen LogP contribution in [0.5, 0.6) is 5.75 Å². The number of hydrogen-bond acceptors (Lipinski definition) is 1. The van der Waals surface area contributed by atoms with Gasteiger partial charge in [0.25, 0.3) is 0 Å². The van der Waals surface area contributed by atoms with Gasteiger partial charge >= 0.3 is 0 Å². The fourth-order valence-corrected chi connectivity index (χ4v) is 1.08. The SMILES string of the molecule is Cc1c(O)cccc1I. The molecule has 1 aromatic carbocycles. The van der Waals surface area contributed by atoms with Crippen LogP contribution >= 0.6 is 22.6 Å². The second-order valence-electron chi connectivity index (χ2n) is 1.88. The molecule has 0 amide bonds. The van der Waals surface area contributed by atoms with Gasteiger partial charge in [-0.05, 0) is 41.6 Å². The van der Waals surface area contributed by atoms with Gasteiger partial charge in [0.2, 0.25) is 0 Å². The summed E-state index contributed by atoms with van der Waals surface area (Å²) in [5.74, 6) is 0.377. The van der Waals surface area contributed by atoms with Crippen LogP contribution in [0.2, 0.25) is 0 Å². The van der Waals surface area contributed by atoms with Gasteiger partial charge in [-0.25, -0.2) is 0 Å². The summed E-state index contributed by atoms with van der Waals surface area (Å²) in [6.07, 6.45) is 0. The Balaban J connectivity index is 3.25. The zero-order chi connectivity index (χ0) is 6.85. The first-order valence-corrected chi connectivity index (χ1v) is 3.74. The first kappa shape index (κ1) is 6.86. The Hall–Kier alpha value is -0.250. The summed E-state index contributed by atoms with van der Waals surface area (Å²) in [6.45, 7) is 1.90. The van der Waals surface area contributed by atoms with Crippen LogP contribution in [-0.2, 0) is 0 Å². The van der Waals surface area contributed by atoms with Crippen molar-refractivity contribution in [2.24, 2.45) is 0 Å². The second-order valence-corrected chi connectivity index (χ2v) is 3.05. The molecule has 9 heavy (non-hydrogen) atoms. The average Bonchev–Trinajstić information content (AvgIpc) is 1.83. The van der Waals surface area contributed by atoms with Crippen LogP contribution in [0.25, 0.3) is 0 Å². The molecule has 0 aromatic heterocycles. The maximum Gasteiger partial charge on any atom is 0.119 e. The highest BCUT2D eigenvalue weighted by Gasteiger charge is 1.96. The summed E-state index contributed by atoms with van der Waals surface area (Å²) in [5.41, 5.74) is 0.957. The quantitative estimate of drug-likeness (QED) is 0.683. The Bertz CT molecular complexity index is 200. The number of benzene rings is 1. The topological polar surface area (TPSA) is 20.2 Å². The van der Waals surface area contributed by atoms with Gasteiger partial charge in [-0.15, -0.1) is 0 Å². The Morgan fingerprint density at radius 1 is 1.44 bits per heavy atom. The molecule has 1 rings (SSSR count). The minimum atomic E-state index is 0.377. The van der Waals surface area contributed by atoms with Gasteiger partial charge in [0, 0.05) is 9.13 Å². The predicted octanol–water partition coefficient (Wildman–Crippen LogP) is 2.31. The minimum absolute atomic E-state index is 0.377. The van der Waals surface area contributed by atoms with Crippen LogP contribution in [0.1, 0.15) is 5.56 Å². The molecule has 0 saturated carbocycles. The van der Waals surface area contributed by atoms with E-state index in [0.717, 1.165) is 9.13 Å². The zero-order valence-electron chi connectivity index (χ0n) is 5.06. The monoisotopic (exact) mass is 234 g/mol. The molecule has 0 fully saturated rings. The van der Waals surface area contributed by atoms with E-state index >= 15 is 0 Å². The molecule has 0 heterocycles. The van der Waals surface area contributed by atoms with E-state index in [1.165, 1.54) is 0 Å². The molecular weight excluding hydrogens is 227 g/mol. The van der Waals surface area contributed by atoms with Gasteiger partial charge in [0.15, 0.2) is 0 Å². The Kier molecular flexibility index (Phi) is 1.95. The van der Waals surface area contributed by atoms with Crippen molar-refractivity contribution in [2.45, 2.75) is 6.92 Å². The third kappa shape index (κ3) is 1.36. The molecule has 0 aliphatic carbocycles. The summed E-state index contributed by atoms with van der Waals surface area (Å²) >= 11 is 2.19. The number of hydrogen-bond donors (Lipinski definition) is 1. The summed E-state index contributed by atoms with van der Waals surface area (Å²) in [7, 11) is 0. The molecule has 0 saturated heterocycles. The van der Waals surface area contributed by atoms with E-state index in [0.29, 0.717) is 5.75 Å². The molecule has 2 heteroatoms. The van der Waals surface area contributed by atoms with Crippen LogP contribution in [-0.4, -0.2) is 5.11 Å². The minimum Gasteiger partial charge on any atom is -0.508 e. The predicted molar refractivity (Wildman–Crippen MR) is 45.6 cm³/mol. The molecule has 0 aliphatic rings. The number of halogens is 1. The lowest BCUT2D eigenvalue weighted by Crippen LogP contribution is -1.77. The van der Waals surface area contributed by atoms with E-state index in [9.17, 15) is 0 Å². The maximum atomic E-state index is 9.10. The molecular formula is C7H7IO. The van der Waals surface area contributed by atoms with Crippen LogP contribution in [0.4, 0.5) is 0 Å². The van der Waals surface area contributed by atoms with E-state index < -0.39 is 0 Å². The van der Waals surface area contributed by atoms with E-state index in [4.69, 9.17) is 5.11 Å². The summed E-state index contributed by atoms with van der Waals surface area (Å²) < 4.78 is 1.10. The van der Waals surface area contributed by atoms with Gasteiger partial charge < -0.3 is 5.11 Å². The van der Waals surface area contributed by atoms with E-state index in [-0.39, 0.29) is 0 Å². The summed E-state index contributed by atoms with van der Waals surface area (Å²) in [4.78, 5) is 0. The van der Waals surface area contributed by atoms with Gasteiger partial charge in [0.1, 0.15) is 5.75 Å². The van der Waals surface area contributed by atoms with Crippen molar-refractivity contribution in [3.8, 4) is 5.75 Å². The fourth-order valence-electron chi connectivity index (χ4n) is 0.596. The number of rotatable bonds is 0. The van der Waals surface area contributed by atoms with E-state index in [1.807, 2.05) is 19.1 Å². The van der Waals surface area contributed by atoms with Crippen LogP contribution in [0, 0.1) is 10.5 Å². The maximum absolute atomic E-state index is 9.10. The van der Waals surface area contributed by atoms with Gasteiger partial charge in [-0.3, -0.25) is 0 Å². The van der Waals surface area contributed by atoms with Crippen molar-refractivity contribution in [3.05, 3.63) is 27.3 Å². The third-order valence-electron chi connectivity index (χ3n) is 1.24. The first-order valence-electron chi connectivity index (χ1n) is 2.66. The van der Waals surface area contributed by atoms with Crippen LogP contribution in [0.3, 0.4) is 0 Å². The van der Waals surface area contributed by atoms with Gasteiger partial charge in [-0.2, -0.15) is 0 Å². The summed E-state index contributed by atoms with van der Waals surface area (Å²) in [5, 5.41) is 9.10. The normalized spacial score (nSPS) is 9.56. The fraction of sp³-hybridized carbons (Fsp3) is 0.143. The molecule has 0 bridgehead atoms. The van der Waals surface area contributed by atoms with Crippen molar-refractivity contribution in [1.29, 1.82) is 0 Å². The molecule has 48 valence electrons. The molecule has 0 aliphatic heterocycles. The van der Waals surface area contributed by atoms with E-state index in [1.54, 1.807) is 6.07 Å². The van der Waals surface area contributed by atoms with Crippen molar-refractivity contribution < 1.29 is 5.11 Å². The van der Waals surface area contributed by atoms with Crippen LogP contribution in [0.15, 0.2) is 18.2 Å². The van der Waals surface area contributed by atoms with Crippen molar-refractivity contribution in [3.63, 3.8) is 0 Å². The van der Waals surface area contributed by atoms with E-state index in [2.05, 4.69) is 22.6 Å². The highest BCUT2D eigenvalue weighted by atomic mass is 127. The number of phenols is 1. The molecule has 1 aromatic rings. The number of phenolic OH excluding ortho intramolecular Hbond substituents is 1. The van der Waals surface area contributed by atoms with Gasteiger partial charge in [0.05, 0.1) is 0 Å². The number of aromatic hydroxyl groups is 1. The molecule has 0 atom stereocenters. The standard InChI is InChI=1S/C7H7IO/c1-5-6(8)3-2-4-7(5)9/h2-4,9H,1H3. The molecule has 0 unspecified atom stereocenters. The third-order valence-corrected chi connectivity index (χ3v) is 2.41. The van der Waals surface area contributed by atoms with Crippen LogP contribution < -0.4 is 0 Å². The highest BCUT2D eigenvalue weighted by molar-refractivity contribution is 14.1. The Morgan fingerprint density at radius 2 is 2.11 bits per heavy atom. The largest absolute Gasteiger partial charge is 0.508 e. The molecule has 0 spiro atoms. The Morgan fingerprint density at radius 3 is 2.56 bits per heavy atom. The molecule has 1 nitrogen and oxygen atoms in total. The Labute approximate surface area is 67.9 Å². The van der Waals surface area contributed by atoms with Crippen molar-refractivity contribution >= 4 is 22.6 Å². The lowest BCUT2D eigenvalue weighted by Gasteiger charge is -1.97. The van der Waals surface area contributed by atoms with Crippen molar-refractivity contribution in [2.75, 3.05) is 0 Å². The zero-order valence-corrected chi connectivity index (χ0v) is 7.21. The smallest absolute Gasteiger partial charge is 0.119 e.